The van der Waals surface area contributed by atoms with E-state index < -0.39 is 47.3 Å². The topological polar surface area (TPSA) is 122 Å². The number of rotatable bonds is 12. The van der Waals surface area contributed by atoms with E-state index in [1.54, 1.807) is 0 Å². The molecular formula is C48H39FN4O5. The van der Waals surface area contributed by atoms with Gasteiger partial charge in [0.15, 0.2) is 11.2 Å². The van der Waals surface area contributed by atoms with Crippen LogP contribution in [-0.4, -0.2) is 50.0 Å². The lowest BCUT2D eigenvalue weighted by Crippen LogP contribution is -2.44. The Morgan fingerprint density at radius 2 is 0.983 bits per heavy atom. The van der Waals surface area contributed by atoms with Crippen LogP contribution in [0.5, 0.6) is 0 Å². The predicted octanol–water partition coefficient (Wildman–Crippen LogP) is 7.97. The molecule has 288 valence electrons. The van der Waals surface area contributed by atoms with Crippen LogP contribution in [0.1, 0.15) is 45.3 Å². The first-order valence-electron chi connectivity index (χ1n) is 19.1. The zero-order valence-electron chi connectivity index (χ0n) is 31.2. The second-order valence-corrected chi connectivity index (χ2v) is 14.2. The number of benzene rings is 6. The van der Waals surface area contributed by atoms with E-state index in [0.29, 0.717) is 0 Å². The van der Waals surface area contributed by atoms with Crippen molar-refractivity contribution in [2.24, 2.45) is 0 Å². The minimum atomic E-state index is -1.31. The van der Waals surface area contributed by atoms with Crippen LogP contribution in [0, 0.1) is 6.08 Å². The minimum Gasteiger partial charge on any atom is -0.387 e. The van der Waals surface area contributed by atoms with Crippen LogP contribution in [0.2, 0.25) is 0 Å². The summed E-state index contributed by atoms with van der Waals surface area (Å²) in [4.78, 5) is 26.4. The minimum absolute atomic E-state index is 0.0374. The highest BCUT2D eigenvalue weighted by atomic mass is 19.1. The second-order valence-electron chi connectivity index (χ2n) is 14.2. The Labute approximate surface area is 333 Å². The summed E-state index contributed by atoms with van der Waals surface area (Å²) in [6.07, 6.45) is -5.59. The van der Waals surface area contributed by atoms with Crippen molar-refractivity contribution in [1.82, 2.24) is 19.9 Å². The standard InChI is InChI=1S/C48H39FN4O5/c49-46-52-43-39(45(55)53-46)50-44(51-43)42-41(58-48(35-25-13-4-14-26-35,36-27-15-5-16-28-36)37-29-17-6-18-30-37)40(54)38(57-42)31-56-47(32-19-7-1-8-20-32,33-21-9-2-10-22-33)34-23-11-3-12-24-34/h1-30,38,40-42,54H,31H2,(H2,50,51,52,53,55)/t38-,40-,41-,42-/m1/s1. The Balaban J connectivity index is 1.19. The van der Waals surface area contributed by atoms with Crippen LogP contribution >= 0.6 is 0 Å². The van der Waals surface area contributed by atoms with E-state index in [-0.39, 0.29) is 23.6 Å². The maximum Gasteiger partial charge on any atom is 0.291 e. The SMILES string of the molecule is O=c1[nH]c(F)nc2nc([C@@H]3O[C@H](COC(c4ccccc4)(c4ccccc4)c4ccccc4)[C@@H](O)[C@H]3OC(c3ccccc3)(c3ccccc3)c3ccccc3)[nH]c12. The zero-order valence-corrected chi connectivity index (χ0v) is 31.2. The number of fused-ring (bicyclic) bond motifs is 1. The van der Waals surface area contributed by atoms with Gasteiger partial charge in [-0.2, -0.15) is 9.37 Å². The lowest BCUT2D eigenvalue weighted by Gasteiger charge is -2.39. The first-order chi connectivity index (χ1) is 28.5. The molecular weight excluding hydrogens is 732 g/mol. The van der Waals surface area contributed by atoms with E-state index in [1.165, 1.54) is 0 Å². The molecule has 3 N–H and O–H groups in total. The summed E-state index contributed by atoms with van der Waals surface area (Å²) in [7, 11) is 0. The summed E-state index contributed by atoms with van der Waals surface area (Å²) in [5.41, 5.74) is 1.76. The number of nitrogens with one attached hydrogen (secondary N) is 2. The first kappa shape index (κ1) is 37.0. The van der Waals surface area contributed by atoms with Crippen molar-refractivity contribution >= 4 is 11.2 Å². The number of imidazole rings is 1. The Morgan fingerprint density at radius 1 is 0.586 bits per heavy atom. The Bertz CT molecular complexity index is 2450. The van der Waals surface area contributed by atoms with Crippen molar-refractivity contribution in [2.75, 3.05) is 6.61 Å². The predicted molar refractivity (Wildman–Crippen MR) is 217 cm³/mol. The molecule has 0 saturated carbocycles. The molecule has 9 nitrogen and oxygen atoms in total. The summed E-state index contributed by atoms with van der Waals surface area (Å²) in [6.45, 7) is -0.0983. The number of H-pyrrole nitrogens is 2. The van der Waals surface area contributed by atoms with E-state index in [4.69, 9.17) is 14.2 Å². The van der Waals surface area contributed by atoms with E-state index in [1.807, 2.05) is 182 Å². The molecule has 0 amide bonds. The van der Waals surface area contributed by atoms with Gasteiger partial charge in [0.2, 0.25) is 0 Å². The number of hydrogen-bond donors (Lipinski definition) is 3. The summed E-state index contributed by atoms with van der Waals surface area (Å²) < 4.78 is 35.8. The molecule has 58 heavy (non-hydrogen) atoms. The van der Waals surface area contributed by atoms with Crippen LogP contribution in [0.25, 0.3) is 11.2 Å². The van der Waals surface area contributed by atoms with Crippen molar-refractivity contribution < 1.29 is 23.7 Å². The molecule has 3 heterocycles. The zero-order chi connectivity index (χ0) is 39.5. The van der Waals surface area contributed by atoms with Crippen LogP contribution in [0.3, 0.4) is 0 Å². The maximum atomic E-state index is 14.4. The van der Waals surface area contributed by atoms with Gasteiger partial charge in [-0.3, -0.25) is 9.78 Å². The van der Waals surface area contributed by atoms with Gasteiger partial charge in [0, 0.05) is 0 Å². The number of ether oxygens (including phenoxy) is 3. The van der Waals surface area contributed by atoms with Crippen molar-refractivity contribution in [3.8, 4) is 0 Å². The molecule has 10 heteroatoms. The number of aliphatic hydroxyl groups excluding tert-OH is 1. The van der Waals surface area contributed by atoms with Gasteiger partial charge in [-0.1, -0.05) is 182 Å². The molecule has 0 radical (unpaired) electrons. The third kappa shape index (κ3) is 6.61. The molecule has 9 rings (SSSR count). The van der Waals surface area contributed by atoms with E-state index in [2.05, 4.69) is 19.9 Å². The molecule has 1 aliphatic rings. The third-order valence-corrected chi connectivity index (χ3v) is 10.8. The van der Waals surface area contributed by atoms with Crippen molar-refractivity contribution in [3.05, 3.63) is 238 Å². The highest BCUT2D eigenvalue weighted by Gasteiger charge is 2.53. The molecule has 1 fully saturated rings. The van der Waals surface area contributed by atoms with Crippen molar-refractivity contribution in [1.29, 1.82) is 0 Å². The van der Waals surface area contributed by atoms with Gasteiger partial charge in [-0.15, -0.1) is 0 Å². The number of halogens is 1. The number of nitrogens with zero attached hydrogens (tertiary/aromatic N) is 2. The molecule has 2 aromatic heterocycles. The van der Waals surface area contributed by atoms with Crippen molar-refractivity contribution in [2.45, 2.75) is 35.6 Å². The fourth-order valence-electron chi connectivity index (χ4n) is 8.16. The van der Waals surface area contributed by atoms with Gasteiger partial charge in [0.1, 0.15) is 41.4 Å². The van der Waals surface area contributed by atoms with E-state index in [9.17, 15) is 14.3 Å². The molecule has 0 bridgehead atoms. The van der Waals surface area contributed by atoms with Gasteiger partial charge >= 0.3 is 0 Å². The Morgan fingerprint density at radius 3 is 1.40 bits per heavy atom. The number of aromatic amines is 2. The second kappa shape index (κ2) is 15.8. The quantitative estimate of drug-likeness (QED) is 0.0851. The summed E-state index contributed by atoms with van der Waals surface area (Å²) in [5, 5.41) is 12.7. The average Bonchev–Trinajstić information content (AvgIpc) is 3.85. The molecule has 0 spiro atoms. The van der Waals surface area contributed by atoms with Crippen LogP contribution in [-0.2, 0) is 25.4 Å². The Hall–Kier alpha value is -6.56. The fraction of sp³-hybridized carbons (Fsp3) is 0.146. The highest BCUT2D eigenvalue weighted by Crippen LogP contribution is 2.47. The monoisotopic (exact) mass is 770 g/mol. The van der Waals surface area contributed by atoms with Crippen LogP contribution < -0.4 is 5.56 Å². The fourth-order valence-corrected chi connectivity index (χ4v) is 8.16. The molecule has 6 aromatic carbocycles. The van der Waals surface area contributed by atoms with Gasteiger partial charge in [0.25, 0.3) is 11.6 Å². The maximum absolute atomic E-state index is 14.4. The normalized spacial score (nSPS) is 18.4. The van der Waals surface area contributed by atoms with E-state index in [0.717, 1.165) is 33.4 Å². The number of hydrogen-bond acceptors (Lipinski definition) is 7. The summed E-state index contributed by atoms with van der Waals surface area (Å²) in [6, 6.07) is 59.2. The van der Waals surface area contributed by atoms with Gasteiger partial charge in [0.05, 0.1) is 6.61 Å². The van der Waals surface area contributed by atoms with Crippen molar-refractivity contribution in [3.63, 3.8) is 0 Å². The average molecular weight is 771 g/mol. The number of aliphatic hydroxyl groups is 1. The first-order valence-corrected chi connectivity index (χ1v) is 19.1. The van der Waals surface area contributed by atoms with Gasteiger partial charge in [-0.05, 0) is 33.4 Å². The van der Waals surface area contributed by atoms with Gasteiger partial charge in [-0.25, -0.2) is 4.98 Å². The van der Waals surface area contributed by atoms with Crippen LogP contribution in [0.4, 0.5) is 4.39 Å². The molecule has 1 aliphatic heterocycles. The molecule has 0 unspecified atom stereocenters. The van der Waals surface area contributed by atoms with E-state index >= 15 is 0 Å². The molecule has 1 saturated heterocycles. The number of aromatic nitrogens is 4. The third-order valence-electron chi connectivity index (χ3n) is 10.8. The highest BCUT2D eigenvalue weighted by molar-refractivity contribution is 5.68. The largest absolute Gasteiger partial charge is 0.387 e. The van der Waals surface area contributed by atoms with Gasteiger partial charge < -0.3 is 24.3 Å². The van der Waals surface area contributed by atoms with Crippen LogP contribution in [0.15, 0.2) is 187 Å². The molecule has 4 atom stereocenters. The summed E-state index contributed by atoms with van der Waals surface area (Å²) in [5.74, 6) is 0.133. The molecule has 8 aromatic rings. The Kier molecular flexibility index (Phi) is 10.1. The smallest absolute Gasteiger partial charge is 0.291 e. The summed E-state index contributed by atoms with van der Waals surface area (Å²) >= 11 is 0. The lowest BCUT2D eigenvalue weighted by molar-refractivity contribution is -0.107. The molecule has 0 aliphatic carbocycles. The lowest BCUT2D eigenvalue weighted by atomic mass is 9.79.